The van der Waals surface area contributed by atoms with Crippen LogP contribution in [0.5, 0.6) is 0 Å². The number of allylic oxidation sites excluding steroid dienone is 2. The fraction of sp³-hybridized carbons (Fsp3) is 0. The first kappa shape index (κ1) is 8.06. The molecule has 3 heterocycles. The van der Waals surface area contributed by atoms with E-state index in [0.717, 1.165) is 11.2 Å². The molecule has 0 amide bonds. The Labute approximate surface area is 88.9 Å². The number of fused-ring (bicyclic) bond motifs is 1. The van der Waals surface area contributed by atoms with E-state index < -0.39 is 0 Å². The molecule has 0 saturated carbocycles. The predicted molar refractivity (Wildman–Crippen MR) is 48.7 cm³/mol. The van der Waals surface area contributed by atoms with Gasteiger partial charge >= 0.3 is 88.8 Å². The van der Waals surface area contributed by atoms with Crippen molar-refractivity contribution >= 4 is 15.3 Å². The van der Waals surface area contributed by atoms with Gasteiger partial charge in [-0.1, -0.05) is 0 Å². The molecule has 4 nitrogen and oxygen atoms in total. The minimum absolute atomic E-state index is 0.0175. The summed E-state index contributed by atoms with van der Waals surface area (Å²) in [5.41, 5.74) is 1.75. The molecule has 0 aliphatic carbocycles. The molecular weight excluding hydrogens is 359 g/mol. The summed E-state index contributed by atoms with van der Waals surface area (Å²) >= 11 is -0.0175. The van der Waals surface area contributed by atoms with Gasteiger partial charge in [0.2, 0.25) is 0 Å². The third kappa shape index (κ3) is 1.15. The molecule has 0 N–H and O–H groups in total. The first-order valence-corrected chi connectivity index (χ1v) is 6.47. The Balaban J connectivity index is 2.22. The van der Waals surface area contributed by atoms with Crippen LogP contribution in [-0.4, -0.2) is 19.5 Å². The van der Waals surface area contributed by atoms with E-state index in [1.54, 1.807) is 12.5 Å². The van der Waals surface area contributed by atoms with E-state index in [4.69, 9.17) is 0 Å². The average molecular weight is 365 g/mol. The molecule has 0 bridgehead atoms. The van der Waals surface area contributed by atoms with Crippen molar-refractivity contribution in [2.45, 2.75) is 0 Å². The topological polar surface area (TPSA) is 43.6 Å². The van der Waals surface area contributed by atoms with Crippen LogP contribution >= 0.6 is 0 Å². The van der Waals surface area contributed by atoms with Crippen molar-refractivity contribution in [1.82, 2.24) is 19.5 Å². The third-order valence-electron chi connectivity index (χ3n) is 1.86. The van der Waals surface area contributed by atoms with Crippen LogP contribution < -0.4 is 0 Å². The molecule has 0 aromatic carbocycles. The van der Waals surface area contributed by atoms with Crippen LogP contribution in [0.2, 0.25) is 0 Å². The molecule has 5 heteroatoms. The van der Waals surface area contributed by atoms with Gasteiger partial charge in [0.25, 0.3) is 0 Å². The minimum atomic E-state index is -0.0175. The summed E-state index contributed by atoms with van der Waals surface area (Å²) in [5.74, 6) is 0. The molecule has 2 aromatic heterocycles. The molecule has 0 saturated heterocycles. The Morgan fingerprint density at radius 3 is 3.14 bits per heavy atom. The number of nitrogens with zero attached hydrogens (tertiary/aromatic N) is 4. The van der Waals surface area contributed by atoms with Gasteiger partial charge in [0.05, 0.1) is 0 Å². The standard InChI is InChI=1S/C9H6N4.Pt/c1-2-3-4-13-7-12-8-5-10-6-11-9(8)13;/h1-3,5-7H;. The van der Waals surface area contributed by atoms with Crippen molar-refractivity contribution in [3.63, 3.8) is 0 Å². The summed E-state index contributed by atoms with van der Waals surface area (Å²) in [5, 5.41) is 0. The fourth-order valence-corrected chi connectivity index (χ4v) is 3.21. The van der Waals surface area contributed by atoms with Crippen LogP contribution in [0.4, 0.5) is 0 Å². The van der Waals surface area contributed by atoms with Crippen molar-refractivity contribution in [3.8, 4) is 0 Å². The van der Waals surface area contributed by atoms with E-state index in [0.29, 0.717) is 0 Å². The van der Waals surface area contributed by atoms with Crippen LogP contribution in [0.15, 0.2) is 35.5 Å². The Morgan fingerprint density at radius 1 is 1.29 bits per heavy atom. The van der Waals surface area contributed by atoms with Gasteiger partial charge in [0.15, 0.2) is 0 Å². The van der Waals surface area contributed by atoms with Gasteiger partial charge in [-0.2, -0.15) is 0 Å². The van der Waals surface area contributed by atoms with Gasteiger partial charge in [-0.25, -0.2) is 0 Å². The van der Waals surface area contributed by atoms with Gasteiger partial charge in [-0.15, -0.1) is 0 Å². The van der Waals surface area contributed by atoms with Crippen molar-refractivity contribution in [2.24, 2.45) is 0 Å². The van der Waals surface area contributed by atoms with Gasteiger partial charge in [0.1, 0.15) is 0 Å². The fourth-order valence-electron chi connectivity index (χ4n) is 1.26. The van der Waals surface area contributed by atoms with Gasteiger partial charge in [-0.05, 0) is 0 Å². The SMILES string of the molecule is C1=[CH][Pt][C](n2cnc3cncnc32)=C1. The molecule has 0 fully saturated rings. The number of hydrogen-bond donors (Lipinski definition) is 0. The van der Waals surface area contributed by atoms with Crippen LogP contribution in [-0.2, 0) is 18.6 Å². The molecule has 0 unspecified atom stereocenters. The number of imidazole rings is 1. The van der Waals surface area contributed by atoms with Crippen LogP contribution in [0.25, 0.3) is 15.3 Å². The Morgan fingerprint density at radius 2 is 2.29 bits per heavy atom. The van der Waals surface area contributed by atoms with Crippen LogP contribution in [0, 0.1) is 0 Å². The maximum atomic E-state index is 4.25. The number of hydrogen-bond acceptors (Lipinski definition) is 3. The zero-order chi connectivity index (χ0) is 9.38. The predicted octanol–water partition coefficient (Wildman–Crippen LogP) is 1.23. The van der Waals surface area contributed by atoms with Gasteiger partial charge < -0.3 is 0 Å². The van der Waals surface area contributed by atoms with E-state index in [1.165, 1.54) is 4.09 Å². The first-order chi connectivity index (χ1) is 6.95. The van der Waals surface area contributed by atoms with E-state index in [2.05, 4.69) is 31.6 Å². The molecule has 1 aliphatic heterocycles. The number of aromatic nitrogens is 4. The van der Waals surface area contributed by atoms with Gasteiger partial charge in [0, 0.05) is 0 Å². The second-order valence-corrected chi connectivity index (χ2v) is 5.27. The molecule has 3 rings (SSSR count). The Hall–Kier alpha value is -1.28. The van der Waals surface area contributed by atoms with Crippen molar-refractivity contribution in [3.05, 3.63) is 35.5 Å². The molecule has 14 heavy (non-hydrogen) atoms. The van der Waals surface area contributed by atoms with E-state index in [-0.39, 0.29) is 18.6 Å². The molecule has 0 atom stereocenters. The normalized spacial score (nSPS) is 15.6. The van der Waals surface area contributed by atoms with E-state index >= 15 is 0 Å². The zero-order valence-electron chi connectivity index (χ0n) is 7.07. The van der Waals surface area contributed by atoms with E-state index in [1.807, 2.05) is 10.9 Å². The second kappa shape index (κ2) is 3.14. The number of rotatable bonds is 1. The van der Waals surface area contributed by atoms with Crippen molar-refractivity contribution in [2.75, 3.05) is 0 Å². The summed E-state index contributed by atoms with van der Waals surface area (Å²) in [6.45, 7) is 0. The second-order valence-electron chi connectivity index (χ2n) is 2.69. The molecule has 0 radical (unpaired) electrons. The maximum absolute atomic E-state index is 4.25. The summed E-state index contributed by atoms with van der Waals surface area (Å²) in [6.07, 6.45) is 9.33. The van der Waals surface area contributed by atoms with Crippen molar-refractivity contribution in [1.29, 1.82) is 0 Å². The van der Waals surface area contributed by atoms with Gasteiger partial charge in [-0.3, -0.25) is 0 Å². The average Bonchev–Trinajstić information content (AvgIpc) is 2.85. The quantitative estimate of drug-likeness (QED) is 0.764. The molecule has 1 aliphatic rings. The zero-order valence-corrected chi connectivity index (χ0v) is 9.34. The van der Waals surface area contributed by atoms with Crippen LogP contribution in [0.1, 0.15) is 0 Å². The third-order valence-corrected chi connectivity index (χ3v) is 4.27. The molecule has 2 aromatic rings. The molecule has 0 spiro atoms. The van der Waals surface area contributed by atoms with Crippen LogP contribution in [0.3, 0.4) is 0 Å². The van der Waals surface area contributed by atoms with Crippen molar-refractivity contribution < 1.29 is 18.6 Å². The first-order valence-electron chi connectivity index (χ1n) is 4.02. The monoisotopic (exact) mass is 365 g/mol. The Kier molecular flexibility index (Phi) is 1.81. The summed E-state index contributed by atoms with van der Waals surface area (Å²) < 4.78 is 5.58. The summed E-state index contributed by atoms with van der Waals surface area (Å²) in [6, 6.07) is 0. The molecule has 72 valence electrons. The van der Waals surface area contributed by atoms with E-state index in [9.17, 15) is 0 Å². The Bertz CT molecular complexity index is 540. The molecular formula is C9H6N4Pt. The summed E-state index contributed by atoms with van der Waals surface area (Å²) in [7, 11) is 0. The summed E-state index contributed by atoms with van der Waals surface area (Å²) in [4.78, 5) is 12.4.